The smallest absolute Gasteiger partial charge is 0.232 e. The number of nitrogens with one attached hydrogen (secondary N) is 2. The van der Waals surface area contributed by atoms with Crippen LogP contribution in [0.1, 0.15) is 25.5 Å². The van der Waals surface area contributed by atoms with E-state index in [9.17, 15) is 4.79 Å². The fourth-order valence-corrected chi connectivity index (χ4v) is 2.13. The number of hydrogen-bond donors (Lipinski definition) is 2. The zero-order valence-electron chi connectivity index (χ0n) is 11.2. The van der Waals surface area contributed by atoms with Crippen LogP contribution >= 0.6 is 24.8 Å². The number of halogens is 2. The maximum absolute atomic E-state index is 12.2. The Morgan fingerprint density at radius 1 is 1.42 bits per heavy atom. The molecule has 1 saturated heterocycles. The van der Waals surface area contributed by atoms with Crippen molar-refractivity contribution in [2.75, 3.05) is 18.4 Å². The van der Waals surface area contributed by atoms with Crippen LogP contribution in [0.5, 0.6) is 0 Å². The summed E-state index contributed by atoms with van der Waals surface area (Å²) in [6, 6.07) is 5.64. The van der Waals surface area contributed by atoms with E-state index >= 15 is 0 Å². The van der Waals surface area contributed by atoms with Crippen LogP contribution in [0, 0.1) is 12.3 Å². The lowest BCUT2D eigenvalue weighted by molar-refractivity contribution is -0.125. The molecule has 1 amide bonds. The highest BCUT2D eigenvalue weighted by atomic mass is 35.5. The molecule has 19 heavy (non-hydrogen) atoms. The van der Waals surface area contributed by atoms with Crippen LogP contribution in [0.15, 0.2) is 18.2 Å². The Hall–Kier alpha value is -0.840. The molecule has 1 unspecified atom stereocenters. The number of carbonyl (C=O) groups is 1. The zero-order valence-corrected chi connectivity index (χ0v) is 12.9. The second kappa shape index (κ2) is 7.68. The van der Waals surface area contributed by atoms with Gasteiger partial charge in [-0.3, -0.25) is 4.79 Å². The van der Waals surface area contributed by atoms with E-state index in [1.807, 2.05) is 32.0 Å². The van der Waals surface area contributed by atoms with Crippen LogP contribution in [0.25, 0.3) is 0 Å². The van der Waals surface area contributed by atoms with Gasteiger partial charge in [0.2, 0.25) is 5.91 Å². The van der Waals surface area contributed by atoms with Crippen molar-refractivity contribution >= 4 is 36.5 Å². The molecule has 1 aromatic heterocycles. The van der Waals surface area contributed by atoms with Gasteiger partial charge in [-0.1, -0.05) is 6.07 Å². The van der Waals surface area contributed by atoms with Crippen LogP contribution in [0.3, 0.4) is 0 Å². The fraction of sp³-hybridized carbons (Fsp3) is 0.538. The normalized spacial score (nSPS) is 21.8. The second-order valence-corrected chi connectivity index (χ2v) is 4.96. The van der Waals surface area contributed by atoms with Crippen LogP contribution in [-0.2, 0) is 4.79 Å². The van der Waals surface area contributed by atoms with Crippen molar-refractivity contribution < 1.29 is 4.79 Å². The summed E-state index contributed by atoms with van der Waals surface area (Å²) in [5.74, 6) is 0.699. The van der Waals surface area contributed by atoms with Crippen LogP contribution in [0.4, 0.5) is 5.82 Å². The van der Waals surface area contributed by atoms with Crippen molar-refractivity contribution in [3.8, 4) is 0 Å². The third-order valence-electron chi connectivity index (χ3n) is 3.28. The van der Waals surface area contributed by atoms with E-state index in [0.29, 0.717) is 5.82 Å². The molecule has 1 aromatic rings. The van der Waals surface area contributed by atoms with E-state index in [2.05, 4.69) is 15.6 Å². The van der Waals surface area contributed by atoms with Crippen LogP contribution in [-0.4, -0.2) is 24.0 Å². The third kappa shape index (κ3) is 4.64. The number of rotatable bonds is 2. The van der Waals surface area contributed by atoms with Gasteiger partial charge in [-0.2, -0.15) is 0 Å². The Morgan fingerprint density at radius 3 is 2.74 bits per heavy atom. The van der Waals surface area contributed by atoms with E-state index < -0.39 is 0 Å². The van der Waals surface area contributed by atoms with Crippen molar-refractivity contribution in [2.45, 2.75) is 26.7 Å². The van der Waals surface area contributed by atoms with E-state index in [-0.39, 0.29) is 36.1 Å². The topological polar surface area (TPSA) is 54.0 Å². The zero-order chi connectivity index (χ0) is 12.3. The van der Waals surface area contributed by atoms with Crippen molar-refractivity contribution in [1.29, 1.82) is 0 Å². The summed E-state index contributed by atoms with van der Waals surface area (Å²) >= 11 is 0. The van der Waals surface area contributed by atoms with Gasteiger partial charge in [-0.05, 0) is 45.4 Å². The first kappa shape index (κ1) is 18.2. The van der Waals surface area contributed by atoms with Gasteiger partial charge in [-0.25, -0.2) is 4.98 Å². The van der Waals surface area contributed by atoms with Crippen molar-refractivity contribution in [3.05, 3.63) is 23.9 Å². The average molecular weight is 306 g/mol. The highest BCUT2D eigenvalue weighted by molar-refractivity contribution is 5.94. The fourth-order valence-electron chi connectivity index (χ4n) is 2.13. The van der Waals surface area contributed by atoms with Gasteiger partial charge in [0.25, 0.3) is 0 Å². The summed E-state index contributed by atoms with van der Waals surface area (Å²) in [7, 11) is 0. The van der Waals surface area contributed by atoms with Crippen LogP contribution in [0.2, 0.25) is 0 Å². The Morgan fingerprint density at radius 2 is 2.16 bits per heavy atom. The number of anilines is 1. The highest BCUT2D eigenvalue weighted by Crippen LogP contribution is 2.26. The lowest BCUT2D eigenvalue weighted by Crippen LogP contribution is -2.46. The van der Waals surface area contributed by atoms with Gasteiger partial charge in [0.15, 0.2) is 0 Å². The molecule has 2 heterocycles. The molecule has 0 aromatic carbocycles. The summed E-state index contributed by atoms with van der Waals surface area (Å²) in [5.41, 5.74) is 0.596. The Labute approximate surface area is 126 Å². The largest absolute Gasteiger partial charge is 0.316 e. The minimum absolute atomic E-state index is 0. The monoisotopic (exact) mass is 305 g/mol. The van der Waals surface area contributed by atoms with Gasteiger partial charge in [-0.15, -0.1) is 24.8 Å². The molecule has 6 heteroatoms. The molecule has 1 aliphatic rings. The Kier molecular flexibility index (Phi) is 7.34. The van der Waals surface area contributed by atoms with E-state index in [0.717, 1.165) is 31.6 Å². The molecule has 108 valence electrons. The van der Waals surface area contributed by atoms with E-state index in [4.69, 9.17) is 0 Å². The molecule has 2 rings (SSSR count). The first-order chi connectivity index (χ1) is 8.10. The van der Waals surface area contributed by atoms with Gasteiger partial charge in [0.05, 0.1) is 5.41 Å². The van der Waals surface area contributed by atoms with Gasteiger partial charge < -0.3 is 10.6 Å². The number of nitrogens with zero attached hydrogens (tertiary/aromatic N) is 1. The molecule has 4 nitrogen and oxygen atoms in total. The quantitative estimate of drug-likeness (QED) is 0.883. The highest BCUT2D eigenvalue weighted by Gasteiger charge is 2.34. The number of pyridine rings is 1. The van der Waals surface area contributed by atoms with Crippen LogP contribution < -0.4 is 10.6 Å². The molecule has 0 radical (unpaired) electrons. The summed E-state index contributed by atoms with van der Waals surface area (Å²) < 4.78 is 0. The number of aromatic nitrogens is 1. The maximum atomic E-state index is 12.2. The Bertz CT molecular complexity index is 420. The molecule has 1 aliphatic heterocycles. The number of hydrogen-bond acceptors (Lipinski definition) is 3. The Balaban J connectivity index is 0.00000162. The number of piperidine rings is 1. The summed E-state index contributed by atoms with van der Waals surface area (Å²) in [6.45, 7) is 5.67. The van der Waals surface area contributed by atoms with Crippen molar-refractivity contribution in [3.63, 3.8) is 0 Å². The standard InChI is InChI=1S/C13H19N3O.2ClH/c1-10-5-3-6-11(15-10)16-12(17)13(2)7-4-8-14-9-13;;/h3,5-6,14H,4,7-9H2,1-2H3,(H,15,16,17);2*1H. The second-order valence-electron chi connectivity index (χ2n) is 4.96. The molecule has 1 fully saturated rings. The van der Waals surface area contributed by atoms with E-state index in [1.54, 1.807) is 0 Å². The predicted octanol–water partition coefficient (Wildman–Crippen LogP) is 2.56. The lowest BCUT2D eigenvalue weighted by Gasteiger charge is -2.32. The minimum atomic E-state index is -0.316. The molecular formula is C13H21Cl2N3O. The van der Waals surface area contributed by atoms with E-state index in [1.165, 1.54) is 0 Å². The van der Waals surface area contributed by atoms with Gasteiger partial charge in [0, 0.05) is 12.2 Å². The first-order valence-electron chi connectivity index (χ1n) is 6.06. The number of carbonyl (C=O) groups excluding carboxylic acids is 1. The number of aryl methyl sites for hydroxylation is 1. The van der Waals surface area contributed by atoms with Crippen molar-refractivity contribution in [2.24, 2.45) is 5.41 Å². The molecule has 0 aliphatic carbocycles. The molecule has 0 saturated carbocycles. The average Bonchev–Trinajstić information content (AvgIpc) is 2.30. The number of amides is 1. The first-order valence-corrected chi connectivity index (χ1v) is 6.06. The SMILES string of the molecule is Cc1cccc(NC(=O)C2(C)CCCNC2)n1.Cl.Cl. The molecular weight excluding hydrogens is 285 g/mol. The summed E-state index contributed by atoms with van der Waals surface area (Å²) in [6.07, 6.45) is 1.98. The van der Waals surface area contributed by atoms with Gasteiger partial charge in [0.1, 0.15) is 5.82 Å². The molecule has 0 spiro atoms. The van der Waals surface area contributed by atoms with Crippen molar-refractivity contribution in [1.82, 2.24) is 10.3 Å². The molecule has 0 bridgehead atoms. The molecule has 2 N–H and O–H groups in total. The summed E-state index contributed by atoms with van der Waals surface area (Å²) in [5, 5.41) is 6.18. The predicted molar refractivity (Wildman–Crippen MR) is 82.3 cm³/mol. The van der Waals surface area contributed by atoms with Gasteiger partial charge >= 0.3 is 0 Å². The maximum Gasteiger partial charge on any atom is 0.232 e. The third-order valence-corrected chi connectivity index (χ3v) is 3.28. The minimum Gasteiger partial charge on any atom is -0.316 e. The lowest BCUT2D eigenvalue weighted by atomic mass is 9.82. The summed E-state index contributed by atoms with van der Waals surface area (Å²) in [4.78, 5) is 16.5. The molecule has 1 atom stereocenters.